The topological polar surface area (TPSA) is 80.7 Å². The quantitative estimate of drug-likeness (QED) is 0.778. The number of aliphatic carboxylic acids is 1. The van der Waals surface area contributed by atoms with Gasteiger partial charge in [0.15, 0.2) is 0 Å². The van der Waals surface area contributed by atoms with Gasteiger partial charge in [-0.1, -0.05) is 25.1 Å². The fourth-order valence-electron chi connectivity index (χ4n) is 1.67. The van der Waals surface area contributed by atoms with Crippen LogP contribution in [0.15, 0.2) is 29.2 Å². The molecular formula is C13H18O5S. The van der Waals surface area contributed by atoms with Gasteiger partial charge in [-0.25, -0.2) is 0 Å². The van der Waals surface area contributed by atoms with Gasteiger partial charge in [0, 0.05) is 6.42 Å². The lowest BCUT2D eigenvalue weighted by Gasteiger charge is -2.15. The summed E-state index contributed by atoms with van der Waals surface area (Å²) in [5.41, 5.74) is 0.607. The van der Waals surface area contributed by atoms with Crippen molar-refractivity contribution in [2.45, 2.75) is 44.1 Å². The van der Waals surface area contributed by atoms with E-state index in [9.17, 15) is 13.2 Å². The summed E-state index contributed by atoms with van der Waals surface area (Å²) in [6.07, 6.45) is -0.0994. The van der Waals surface area contributed by atoms with Crippen LogP contribution in [0.1, 0.15) is 31.7 Å². The highest BCUT2D eigenvalue weighted by molar-refractivity contribution is 7.86. The van der Waals surface area contributed by atoms with E-state index in [1.165, 1.54) is 6.07 Å². The molecule has 0 saturated carbocycles. The van der Waals surface area contributed by atoms with E-state index in [1.54, 1.807) is 32.0 Å². The minimum absolute atomic E-state index is 0.109. The maximum absolute atomic E-state index is 12.1. The van der Waals surface area contributed by atoms with Crippen molar-refractivity contribution in [2.75, 3.05) is 0 Å². The lowest BCUT2D eigenvalue weighted by Crippen LogP contribution is -2.19. The van der Waals surface area contributed by atoms with Crippen LogP contribution >= 0.6 is 0 Å². The molecule has 1 N–H and O–H groups in total. The largest absolute Gasteiger partial charge is 0.481 e. The van der Waals surface area contributed by atoms with Gasteiger partial charge in [-0.3, -0.25) is 8.98 Å². The van der Waals surface area contributed by atoms with E-state index in [4.69, 9.17) is 9.29 Å². The van der Waals surface area contributed by atoms with Gasteiger partial charge in [0.25, 0.3) is 10.1 Å². The Hall–Kier alpha value is -1.40. The molecule has 0 aromatic heterocycles. The van der Waals surface area contributed by atoms with Crippen molar-refractivity contribution in [3.05, 3.63) is 29.8 Å². The fraction of sp³-hybridized carbons (Fsp3) is 0.462. The zero-order chi connectivity index (χ0) is 14.5. The van der Waals surface area contributed by atoms with Gasteiger partial charge in [-0.05, 0) is 31.4 Å². The van der Waals surface area contributed by atoms with E-state index in [2.05, 4.69) is 0 Å². The van der Waals surface area contributed by atoms with Gasteiger partial charge in [-0.15, -0.1) is 0 Å². The molecule has 0 bridgehead atoms. The van der Waals surface area contributed by atoms with Crippen molar-refractivity contribution in [2.24, 2.45) is 0 Å². The molecule has 1 aromatic carbocycles. The summed E-state index contributed by atoms with van der Waals surface area (Å²) in [6, 6.07) is 6.54. The Morgan fingerprint density at radius 3 is 2.53 bits per heavy atom. The number of benzene rings is 1. The van der Waals surface area contributed by atoms with Gasteiger partial charge in [-0.2, -0.15) is 8.42 Å². The first kappa shape index (κ1) is 15.7. The van der Waals surface area contributed by atoms with Crippen molar-refractivity contribution in [3.8, 4) is 0 Å². The molecule has 0 aliphatic heterocycles. The number of hydrogen-bond donors (Lipinski definition) is 1. The number of carbonyl (C=O) groups is 1. The summed E-state index contributed by atoms with van der Waals surface area (Å²) in [4.78, 5) is 10.6. The van der Waals surface area contributed by atoms with E-state index in [0.717, 1.165) is 0 Å². The monoisotopic (exact) mass is 286 g/mol. The van der Waals surface area contributed by atoms with Crippen molar-refractivity contribution in [3.63, 3.8) is 0 Å². The van der Waals surface area contributed by atoms with Crippen LogP contribution < -0.4 is 0 Å². The molecule has 0 radical (unpaired) electrons. The SMILES string of the molecule is CCC(CCC(=O)O)OS(=O)(=O)c1ccccc1C. The average Bonchev–Trinajstić information content (AvgIpc) is 2.34. The van der Waals surface area contributed by atoms with Gasteiger partial charge in [0.1, 0.15) is 0 Å². The molecule has 19 heavy (non-hydrogen) atoms. The molecule has 1 rings (SSSR count). The van der Waals surface area contributed by atoms with Crippen LogP contribution in [-0.4, -0.2) is 25.6 Å². The van der Waals surface area contributed by atoms with E-state index >= 15 is 0 Å². The minimum atomic E-state index is -3.84. The first-order chi connectivity index (χ1) is 8.86. The minimum Gasteiger partial charge on any atom is -0.481 e. The second kappa shape index (κ2) is 6.68. The van der Waals surface area contributed by atoms with Crippen molar-refractivity contribution in [1.82, 2.24) is 0 Å². The highest BCUT2D eigenvalue weighted by atomic mass is 32.2. The van der Waals surface area contributed by atoms with Crippen LogP contribution in [0.4, 0.5) is 0 Å². The Morgan fingerprint density at radius 1 is 1.37 bits per heavy atom. The normalized spacial score (nSPS) is 13.2. The Labute approximate surface area is 113 Å². The van der Waals surface area contributed by atoms with Crippen molar-refractivity contribution >= 4 is 16.1 Å². The van der Waals surface area contributed by atoms with Gasteiger partial charge in [0.05, 0.1) is 11.0 Å². The summed E-state index contributed by atoms with van der Waals surface area (Å²) in [7, 11) is -3.84. The Balaban J connectivity index is 2.84. The summed E-state index contributed by atoms with van der Waals surface area (Å²) in [5, 5.41) is 8.61. The molecule has 106 valence electrons. The molecule has 0 heterocycles. The van der Waals surface area contributed by atoms with Crippen LogP contribution in [0.3, 0.4) is 0 Å². The highest BCUT2D eigenvalue weighted by Gasteiger charge is 2.22. The molecule has 0 amide bonds. The third-order valence-electron chi connectivity index (χ3n) is 2.76. The standard InChI is InChI=1S/C13H18O5S/c1-3-11(8-9-13(14)15)18-19(16,17)12-7-5-4-6-10(12)2/h4-7,11H,3,8-9H2,1-2H3,(H,14,15). The van der Waals surface area contributed by atoms with Crippen LogP contribution in [0.2, 0.25) is 0 Å². The molecule has 6 heteroatoms. The maximum Gasteiger partial charge on any atom is 0.303 e. The van der Waals surface area contributed by atoms with E-state index in [0.29, 0.717) is 12.0 Å². The predicted molar refractivity (Wildman–Crippen MR) is 70.4 cm³/mol. The lowest BCUT2D eigenvalue weighted by atomic mass is 10.1. The summed E-state index contributed by atoms with van der Waals surface area (Å²) < 4.78 is 29.3. The number of aryl methyl sites for hydroxylation is 1. The summed E-state index contributed by atoms with van der Waals surface area (Å²) in [5.74, 6) is -0.963. The van der Waals surface area contributed by atoms with Gasteiger partial charge in [0.2, 0.25) is 0 Å². The lowest BCUT2D eigenvalue weighted by molar-refractivity contribution is -0.137. The Morgan fingerprint density at radius 2 is 2.00 bits per heavy atom. The van der Waals surface area contributed by atoms with E-state index in [-0.39, 0.29) is 17.7 Å². The molecule has 5 nitrogen and oxygen atoms in total. The smallest absolute Gasteiger partial charge is 0.303 e. The van der Waals surface area contributed by atoms with Crippen LogP contribution in [0, 0.1) is 6.92 Å². The van der Waals surface area contributed by atoms with E-state index < -0.39 is 22.2 Å². The molecule has 0 aliphatic carbocycles. The second-order valence-corrected chi connectivity index (χ2v) is 5.82. The van der Waals surface area contributed by atoms with Crippen molar-refractivity contribution < 1.29 is 22.5 Å². The van der Waals surface area contributed by atoms with Crippen LogP contribution in [-0.2, 0) is 19.1 Å². The zero-order valence-corrected chi connectivity index (χ0v) is 11.8. The fourth-order valence-corrected chi connectivity index (χ4v) is 3.07. The number of carboxylic acids is 1. The highest BCUT2D eigenvalue weighted by Crippen LogP contribution is 2.20. The Bertz CT molecular complexity index is 536. The molecular weight excluding hydrogens is 268 g/mol. The van der Waals surface area contributed by atoms with Crippen LogP contribution in [0.25, 0.3) is 0 Å². The predicted octanol–water partition coefficient (Wildman–Crippen LogP) is 2.34. The van der Waals surface area contributed by atoms with Crippen LogP contribution in [0.5, 0.6) is 0 Å². The average molecular weight is 286 g/mol. The summed E-state index contributed by atoms with van der Waals surface area (Å²) in [6.45, 7) is 3.45. The number of rotatable bonds is 7. The van der Waals surface area contributed by atoms with Gasteiger partial charge >= 0.3 is 5.97 Å². The zero-order valence-electron chi connectivity index (χ0n) is 11.0. The number of carboxylic acid groups (broad SMARTS) is 1. The molecule has 0 fully saturated rings. The first-order valence-corrected chi connectivity index (χ1v) is 7.48. The number of hydrogen-bond acceptors (Lipinski definition) is 4. The van der Waals surface area contributed by atoms with Gasteiger partial charge < -0.3 is 5.11 Å². The molecule has 0 aliphatic rings. The maximum atomic E-state index is 12.1. The molecule has 0 spiro atoms. The molecule has 1 atom stereocenters. The third kappa shape index (κ3) is 4.65. The second-order valence-electron chi connectivity index (χ2n) is 4.28. The molecule has 0 saturated heterocycles. The Kier molecular flexibility index (Phi) is 5.50. The molecule has 1 unspecified atom stereocenters. The van der Waals surface area contributed by atoms with Crippen molar-refractivity contribution in [1.29, 1.82) is 0 Å². The first-order valence-electron chi connectivity index (χ1n) is 6.07. The van der Waals surface area contributed by atoms with E-state index in [1.807, 2.05) is 0 Å². The third-order valence-corrected chi connectivity index (χ3v) is 4.28. The molecule has 1 aromatic rings. The summed E-state index contributed by atoms with van der Waals surface area (Å²) >= 11 is 0.